The number of hydrogen-bond acceptors (Lipinski definition) is 6. The third-order valence-corrected chi connectivity index (χ3v) is 3.02. The summed E-state index contributed by atoms with van der Waals surface area (Å²) in [5.41, 5.74) is 7.82. The third-order valence-electron chi connectivity index (χ3n) is 2.49. The van der Waals surface area contributed by atoms with Crippen LogP contribution in [-0.4, -0.2) is 29.9 Å². The van der Waals surface area contributed by atoms with E-state index in [4.69, 9.17) is 15.2 Å². The molecule has 0 aliphatic heterocycles. The predicted molar refractivity (Wildman–Crippen MR) is 69.8 cm³/mol. The molecule has 0 fully saturated rings. The van der Waals surface area contributed by atoms with E-state index in [9.17, 15) is 0 Å². The van der Waals surface area contributed by atoms with Crippen LogP contribution in [0.1, 0.15) is 17.3 Å². The van der Waals surface area contributed by atoms with Crippen LogP contribution >= 0.6 is 11.5 Å². The van der Waals surface area contributed by atoms with Crippen molar-refractivity contribution in [3.05, 3.63) is 40.9 Å². The van der Waals surface area contributed by atoms with Crippen LogP contribution in [-0.2, 0) is 4.74 Å². The molecule has 0 radical (unpaired) electrons. The fraction of sp³-hybridized carbons (Fsp3) is 0.333. The number of nitrogens with two attached hydrogens (primary N) is 1. The lowest BCUT2D eigenvalue weighted by Gasteiger charge is -2.15. The molecule has 0 saturated carbocycles. The van der Waals surface area contributed by atoms with E-state index in [1.54, 1.807) is 7.11 Å². The van der Waals surface area contributed by atoms with E-state index in [0.29, 0.717) is 13.2 Å². The summed E-state index contributed by atoms with van der Waals surface area (Å²) in [6.07, 6.45) is 0. The average molecular weight is 265 g/mol. The first-order chi connectivity index (χ1) is 8.83. The largest absolute Gasteiger partial charge is 0.491 e. The quantitative estimate of drug-likeness (QED) is 0.803. The van der Waals surface area contributed by atoms with Gasteiger partial charge in [0.25, 0.3) is 0 Å². The molecule has 0 aliphatic carbocycles. The molecule has 18 heavy (non-hydrogen) atoms. The van der Waals surface area contributed by atoms with E-state index < -0.39 is 0 Å². The van der Waals surface area contributed by atoms with Gasteiger partial charge in [-0.2, -0.15) is 0 Å². The molecule has 0 spiro atoms. The van der Waals surface area contributed by atoms with Gasteiger partial charge in [-0.15, -0.1) is 5.10 Å². The highest BCUT2D eigenvalue weighted by Crippen LogP contribution is 2.27. The normalized spacial score (nSPS) is 12.3. The average Bonchev–Trinajstić information content (AvgIpc) is 2.93. The molecule has 1 aromatic carbocycles. The van der Waals surface area contributed by atoms with Gasteiger partial charge in [0.05, 0.1) is 18.3 Å². The van der Waals surface area contributed by atoms with Crippen LogP contribution in [0.4, 0.5) is 0 Å². The molecule has 6 heteroatoms. The molecule has 2 rings (SSSR count). The number of rotatable bonds is 6. The van der Waals surface area contributed by atoms with Crippen molar-refractivity contribution in [1.82, 2.24) is 9.59 Å². The number of ether oxygens (including phenoxy) is 2. The molecule has 0 saturated heterocycles. The second kappa shape index (κ2) is 6.44. The van der Waals surface area contributed by atoms with Crippen molar-refractivity contribution in [2.24, 2.45) is 5.73 Å². The van der Waals surface area contributed by atoms with Gasteiger partial charge in [0.1, 0.15) is 12.4 Å². The molecule has 0 amide bonds. The SMILES string of the molecule is COCCOc1ccccc1C(N)c1csnn1. The van der Waals surface area contributed by atoms with Crippen molar-refractivity contribution in [2.75, 3.05) is 20.3 Å². The van der Waals surface area contributed by atoms with E-state index in [1.807, 2.05) is 29.6 Å². The maximum atomic E-state index is 6.16. The fourth-order valence-electron chi connectivity index (χ4n) is 1.57. The van der Waals surface area contributed by atoms with Gasteiger partial charge >= 0.3 is 0 Å². The lowest BCUT2D eigenvalue weighted by atomic mass is 10.0. The minimum Gasteiger partial charge on any atom is -0.491 e. The van der Waals surface area contributed by atoms with Crippen molar-refractivity contribution >= 4 is 11.5 Å². The topological polar surface area (TPSA) is 70.3 Å². The van der Waals surface area contributed by atoms with Gasteiger partial charge in [-0.1, -0.05) is 22.7 Å². The Labute approximate surface area is 110 Å². The maximum Gasteiger partial charge on any atom is 0.124 e. The Balaban J connectivity index is 2.16. The van der Waals surface area contributed by atoms with Crippen LogP contribution in [0, 0.1) is 0 Å². The van der Waals surface area contributed by atoms with Crippen molar-refractivity contribution < 1.29 is 9.47 Å². The standard InChI is InChI=1S/C12H15N3O2S/c1-16-6-7-17-11-5-3-2-4-9(11)12(13)10-8-18-15-14-10/h2-5,8,12H,6-7,13H2,1H3. The summed E-state index contributed by atoms with van der Waals surface area (Å²) in [4.78, 5) is 0. The van der Waals surface area contributed by atoms with Crippen molar-refractivity contribution in [3.63, 3.8) is 0 Å². The summed E-state index contributed by atoms with van der Waals surface area (Å²) in [6, 6.07) is 7.36. The molecule has 1 unspecified atom stereocenters. The molecule has 5 nitrogen and oxygen atoms in total. The summed E-state index contributed by atoms with van der Waals surface area (Å²) in [5.74, 6) is 0.759. The summed E-state index contributed by atoms with van der Waals surface area (Å²) in [7, 11) is 1.64. The molecule has 0 bridgehead atoms. The minimum absolute atomic E-state index is 0.317. The number of nitrogens with zero attached hydrogens (tertiary/aromatic N) is 2. The lowest BCUT2D eigenvalue weighted by Crippen LogP contribution is -2.15. The Morgan fingerprint density at radius 2 is 2.17 bits per heavy atom. The smallest absolute Gasteiger partial charge is 0.124 e. The van der Waals surface area contributed by atoms with E-state index in [-0.39, 0.29) is 6.04 Å². The highest BCUT2D eigenvalue weighted by Gasteiger charge is 2.16. The highest BCUT2D eigenvalue weighted by atomic mass is 32.1. The Hall–Kier alpha value is -1.50. The molecule has 1 atom stereocenters. The first kappa shape index (κ1) is 12.9. The van der Waals surface area contributed by atoms with Gasteiger partial charge in [0.2, 0.25) is 0 Å². The summed E-state index contributed by atoms with van der Waals surface area (Å²) < 4.78 is 14.4. The second-order valence-electron chi connectivity index (χ2n) is 3.69. The number of methoxy groups -OCH3 is 1. The Morgan fingerprint density at radius 1 is 1.33 bits per heavy atom. The van der Waals surface area contributed by atoms with Crippen LogP contribution < -0.4 is 10.5 Å². The van der Waals surface area contributed by atoms with Crippen molar-refractivity contribution in [2.45, 2.75) is 6.04 Å². The predicted octanol–water partition coefficient (Wildman–Crippen LogP) is 1.61. The van der Waals surface area contributed by atoms with Gasteiger partial charge in [-0.3, -0.25) is 0 Å². The summed E-state index contributed by atoms with van der Waals surface area (Å²) in [5, 5.41) is 5.84. The van der Waals surface area contributed by atoms with Gasteiger partial charge < -0.3 is 15.2 Å². The Bertz CT molecular complexity index is 476. The minimum atomic E-state index is -0.317. The molecule has 2 aromatic rings. The molecule has 2 N–H and O–H groups in total. The van der Waals surface area contributed by atoms with Crippen LogP contribution in [0.15, 0.2) is 29.6 Å². The Morgan fingerprint density at radius 3 is 2.89 bits per heavy atom. The fourth-order valence-corrected chi connectivity index (χ4v) is 2.06. The van der Waals surface area contributed by atoms with Crippen molar-refractivity contribution in [1.29, 1.82) is 0 Å². The first-order valence-corrected chi connectivity index (χ1v) is 6.39. The van der Waals surface area contributed by atoms with Gasteiger partial charge in [-0.05, 0) is 17.6 Å². The molecule has 96 valence electrons. The van der Waals surface area contributed by atoms with E-state index in [2.05, 4.69) is 9.59 Å². The van der Waals surface area contributed by atoms with E-state index >= 15 is 0 Å². The lowest BCUT2D eigenvalue weighted by molar-refractivity contribution is 0.145. The summed E-state index contributed by atoms with van der Waals surface area (Å²) in [6.45, 7) is 1.04. The number of hydrogen-bond donors (Lipinski definition) is 1. The number of para-hydroxylation sites is 1. The van der Waals surface area contributed by atoms with Crippen LogP contribution in [0.5, 0.6) is 5.75 Å². The zero-order valence-electron chi connectivity index (χ0n) is 10.1. The second-order valence-corrected chi connectivity index (χ2v) is 4.30. The molecule has 0 aliphatic rings. The monoisotopic (exact) mass is 265 g/mol. The maximum absolute atomic E-state index is 6.16. The zero-order valence-corrected chi connectivity index (χ0v) is 10.9. The molecule has 1 heterocycles. The van der Waals surface area contributed by atoms with E-state index in [0.717, 1.165) is 17.0 Å². The highest BCUT2D eigenvalue weighted by molar-refractivity contribution is 7.03. The Kier molecular flexibility index (Phi) is 4.63. The number of aromatic nitrogens is 2. The van der Waals surface area contributed by atoms with E-state index in [1.165, 1.54) is 11.5 Å². The first-order valence-electron chi connectivity index (χ1n) is 5.56. The molecular weight excluding hydrogens is 250 g/mol. The number of benzene rings is 1. The van der Waals surface area contributed by atoms with Crippen LogP contribution in [0.2, 0.25) is 0 Å². The van der Waals surface area contributed by atoms with Crippen molar-refractivity contribution in [3.8, 4) is 5.75 Å². The van der Waals surface area contributed by atoms with Crippen LogP contribution in [0.25, 0.3) is 0 Å². The third kappa shape index (κ3) is 3.04. The van der Waals surface area contributed by atoms with Gasteiger partial charge in [0, 0.05) is 18.1 Å². The summed E-state index contributed by atoms with van der Waals surface area (Å²) >= 11 is 1.29. The van der Waals surface area contributed by atoms with Gasteiger partial charge in [0.15, 0.2) is 0 Å². The molecular formula is C12H15N3O2S. The van der Waals surface area contributed by atoms with Crippen LogP contribution in [0.3, 0.4) is 0 Å². The molecule has 1 aromatic heterocycles. The zero-order chi connectivity index (χ0) is 12.8. The van der Waals surface area contributed by atoms with Gasteiger partial charge in [-0.25, -0.2) is 0 Å².